The Bertz CT molecular complexity index is 582. The van der Waals surface area contributed by atoms with E-state index in [0.717, 1.165) is 30.4 Å². The molecule has 5 nitrogen and oxygen atoms in total. The van der Waals surface area contributed by atoms with Gasteiger partial charge >= 0.3 is 11.9 Å². The molecule has 2 N–H and O–H groups in total. The van der Waals surface area contributed by atoms with Gasteiger partial charge in [-0.05, 0) is 36.8 Å². The van der Waals surface area contributed by atoms with Gasteiger partial charge in [-0.3, -0.25) is 9.59 Å². The van der Waals surface area contributed by atoms with Crippen LogP contribution >= 0.6 is 0 Å². The van der Waals surface area contributed by atoms with Crippen LogP contribution in [-0.2, 0) is 27.2 Å². The van der Waals surface area contributed by atoms with Crippen molar-refractivity contribution in [1.82, 2.24) is 0 Å². The summed E-state index contributed by atoms with van der Waals surface area (Å²) >= 11 is 0. The van der Waals surface area contributed by atoms with E-state index in [4.69, 9.17) is 9.84 Å². The third-order valence-corrected chi connectivity index (χ3v) is 4.92. The molecule has 2 bridgehead atoms. The normalized spacial score (nSPS) is 29.6. The molecule has 2 aliphatic heterocycles. The molecule has 0 spiro atoms. The monoisotopic (exact) mass is 304 g/mol. The van der Waals surface area contributed by atoms with Crippen molar-refractivity contribution in [2.45, 2.75) is 44.3 Å². The Morgan fingerprint density at radius 1 is 1.09 bits per heavy atom. The van der Waals surface area contributed by atoms with E-state index in [2.05, 4.69) is 0 Å². The molecule has 118 valence electrons. The summed E-state index contributed by atoms with van der Waals surface area (Å²) in [5.74, 6) is -1.99. The van der Waals surface area contributed by atoms with Gasteiger partial charge in [-0.1, -0.05) is 24.3 Å². The van der Waals surface area contributed by atoms with Crippen molar-refractivity contribution in [1.29, 1.82) is 0 Å². The summed E-state index contributed by atoms with van der Waals surface area (Å²) in [7, 11) is 0. The molecule has 0 aromatic heterocycles. The third-order valence-electron chi connectivity index (χ3n) is 4.92. The van der Waals surface area contributed by atoms with Crippen LogP contribution in [0.4, 0.5) is 0 Å². The molecule has 1 aromatic carbocycles. The number of carbonyl (C=O) groups is 2. The van der Waals surface area contributed by atoms with Crippen molar-refractivity contribution in [3.8, 4) is 0 Å². The van der Waals surface area contributed by atoms with Crippen LogP contribution in [0, 0.1) is 11.8 Å². The number of hydrogen-bond acceptors (Lipinski definition) is 3. The molecule has 0 aliphatic carbocycles. The highest BCUT2D eigenvalue weighted by Gasteiger charge is 2.51. The first-order chi connectivity index (χ1) is 10.6. The molecule has 2 saturated heterocycles. The summed E-state index contributed by atoms with van der Waals surface area (Å²) in [6.45, 7) is 0. The lowest BCUT2D eigenvalue weighted by Crippen LogP contribution is -2.33. The molecular weight excluding hydrogens is 284 g/mol. The fourth-order valence-electron chi connectivity index (χ4n) is 3.94. The van der Waals surface area contributed by atoms with E-state index in [1.165, 1.54) is 0 Å². The van der Waals surface area contributed by atoms with Crippen molar-refractivity contribution >= 4 is 11.9 Å². The summed E-state index contributed by atoms with van der Waals surface area (Å²) < 4.78 is 5.77. The van der Waals surface area contributed by atoms with Crippen molar-refractivity contribution < 1.29 is 24.5 Å². The Labute approximate surface area is 128 Å². The van der Waals surface area contributed by atoms with Gasteiger partial charge in [0.1, 0.15) is 0 Å². The van der Waals surface area contributed by atoms with Gasteiger partial charge in [-0.2, -0.15) is 0 Å². The largest absolute Gasteiger partial charge is 0.481 e. The van der Waals surface area contributed by atoms with Gasteiger partial charge < -0.3 is 14.9 Å². The molecule has 3 rings (SSSR count). The number of aryl methyl sites for hydroxylation is 1. The number of carboxylic acid groups (broad SMARTS) is 2. The first-order valence-electron chi connectivity index (χ1n) is 7.73. The number of carboxylic acids is 2. The standard InChI is InChI=1S/C17H20O5/c18-15(19)9-11-4-2-1-3-10(11)5-6-12-13-7-8-14(22-13)16(12)17(20)21/h1-4,12-14,16H,5-9H2,(H,18,19)(H,20,21)/t12-,13-,14-,16-/m1/s1. The lowest BCUT2D eigenvalue weighted by molar-refractivity contribution is -0.145. The van der Waals surface area contributed by atoms with Gasteiger partial charge in [0.15, 0.2) is 0 Å². The number of hydrogen-bond donors (Lipinski definition) is 2. The van der Waals surface area contributed by atoms with Gasteiger partial charge in [-0.15, -0.1) is 0 Å². The minimum Gasteiger partial charge on any atom is -0.481 e. The summed E-state index contributed by atoms with van der Waals surface area (Å²) in [4.78, 5) is 22.4. The second-order valence-electron chi connectivity index (χ2n) is 6.20. The molecule has 0 saturated carbocycles. The second-order valence-corrected chi connectivity index (χ2v) is 6.20. The van der Waals surface area contributed by atoms with Gasteiger partial charge in [-0.25, -0.2) is 0 Å². The maximum atomic E-state index is 11.5. The van der Waals surface area contributed by atoms with Crippen LogP contribution in [0.15, 0.2) is 24.3 Å². The zero-order valence-corrected chi connectivity index (χ0v) is 12.3. The van der Waals surface area contributed by atoms with E-state index in [1.807, 2.05) is 24.3 Å². The zero-order chi connectivity index (χ0) is 15.7. The lowest BCUT2D eigenvalue weighted by Gasteiger charge is -2.25. The molecular formula is C17H20O5. The summed E-state index contributed by atoms with van der Waals surface area (Å²) in [5.41, 5.74) is 1.81. The van der Waals surface area contributed by atoms with Crippen molar-refractivity contribution in [3.63, 3.8) is 0 Å². The molecule has 0 radical (unpaired) electrons. The fraction of sp³-hybridized carbons (Fsp3) is 0.529. The molecule has 4 atom stereocenters. The molecule has 0 amide bonds. The Kier molecular flexibility index (Phi) is 4.16. The predicted molar refractivity (Wildman–Crippen MR) is 78.6 cm³/mol. The Balaban J connectivity index is 1.70. The van der Waals surface area contributed by atoms with Crippen LogP contribution in [0.2, 0.25) is 0 Å². The van der Waals surface area contributed by atoms with Crippen LogP contribution < -0.4 is 0 Å². The van der Waals surface area contributed by atoms with Crippen LogP contribution in [0.25, 0.3) is 0 Å². The molecule has 5 heteroatoms. The van der Waals surface area contributed by atoms with Gasteiger partial charge in [0.25, 0.3) is 0 Å². The van der Waals surface area contributed by atoms with Crippen molar-refractivity contribution in [2.75, 3.05) is 0 Å². The van der Waals surface area contributed by atoms with Crippen molar-refractivity contribution in [3.05, 3.63) is 35.4 Å². The SMILES string of the molecule is O=C(O)Cc1ccccc1CC[C@H]1[C@@H](C(=O)O)[C@H]2CC[C@H]1O2. The van der Waals surface area contributed by atoms with Gasteiger partial charge in [0.05, 0.1) is 24.5 Å². The first kappa shape index (κ1) is 15.0. The van der Waals surface area contributed by atoms with E-state index in [0.29, 0.717) is 6.42 Å². The average Bonchev–Trinajstić information content (AvgIpc) is 3.06. The number of rotatable bonds is 6. The van der Waals surface area contributed by atoms with Crippen LogP contribution in [0.1, 0.15) is 30.4 Å². The van der Waals surface area contributed by atoms with Crippen LogP contribution in [0.3, 0.4) is 0 Å². The Morgan fingerprint density at radius 2 is 1.77 bits per heavy atom. The maximum Gasteiger partial charge on any atom is 0.309 e. The van der Waals surface area contributed by atoms with Gasteiger partial charge in [0.2, 0.25) is 0 Å². The molecule has 2 heterocycles. The number of aliphatic carboxylic acids is 2. The minimum atomic E-state index is -0.848. The number of ether oxygens (including phenoxy) is 1. The number of fused-ring (bicyclic) bond motifs is 2. The highest BCUT2D eigenvalue weighted by molar-refractivity contribution is 5.72. The van der Waals surface area contributed by atoms with E-state index >= 15 is 0 Å². The third kappa shape index (κ3) is 2.86. The smallest absolute Gasteiger partial charge is 0.309 e. The molecule has 0 unspecified atom stereocenters. The topological polar surface area (TPSA) is 83.8 Å². The summed E-state index contributed by atoms with van der Waals surface area (Å²) in [6.07, 6.45) is 3.13. The maximum absolute atomic E-state index is 11.5. The molecule has 22 heavy (non-hydrogen) atoms. The average molecular weight is 304 g/mol. The fourth-order valence-corrected chi connectivity index (χ4v) is 3.94. The van der Waals surface area contributed by atoms with E-state index in [9.17, 15) is 14.7 Å². The van der Waals surface area contributed by atoms with E-state index in [-0.39, 0.29) is 24.5 Å². The Morgan fingerprint density at radius 3 is 2.45 bits per heavy atom. The minimum absolute atomic E-state index is 0.00571. The summed E-state index contributed by atoms with van der Waals surface area (Å²) in [5, 5.41) is 18.4. The Hall–Kier alpha value is -1.88. The van der Waals surface area contributed by atoms with Crippen molar-refractivity contribution in [2.24, 2.45) is 11.8 Å². The summed E-state index contributed by atoms with van der Waals surface area (Å²) in [6, 6.07) is 7.49. The highest BCUT2D eigenvalue weighted by Crippen LogP contribution is 2.45. The van der Waals surface area contributed by atoms with E-state index < -0.39 is 17.9 Å². The predicted octanol–water partition coefficient (Wildman–Crippen LogP) is 2.12. The lowest BCUT2D eigenvalue weighted by atomic mass is 9.76. The quantitative estimate of drug-likeness (QED) is 0.841. The van der Waals surface area contributed by atoms with E-state index in [1.54, 1.807) is 0 Å². The number of benzene rings is 1. The zero-order valence-electron chi connectivity index (χ0n) is 12.3. The molecule has 2 aliphatic rings. The second kappa shape index (κ2) is 6.08. The van der Waals surface area contributed by atoms with Gasteiger partial charge in [0, 0.05) is 5.92 Å². The first-order valence-corrected chi connectivity index (χ1v) is 7.73. The highest BCUT2D eigenvalue weighted by atomic mass is 16.5. The molecule has 2 fully saturated rings. The van der Waals surface area contributed by atoms with Crippen LogP contribution in [0.5, 0.6) is 0 Å². The molecule has 1 aromatic rings. The van der Waals surface area contributed by atoms with Crippen LogP contribution in [-0.4, -0.2) is 34.4 Å².